The molecule has 1 saturated carbocycles. The third-order valence-corrected chi connectivity index (χ3v) is 3.46. The number of amides is 2. The van der Waals surface area contributed by atoms with Crippen LogP contribution in [0.15, 0.2) is 0 Å². The molecule has 1 heterocycles. The van der Waals surface area contributed by atoms with Crippen LogP contribution in [-0.4, -0.2) is 52.9 Å². The maximum atomic E-state index is 12.3. The minimum Gasteiger partial charge on any atom is -0.377 e. The largest absolute Gasteiger partial charge is 0.377 e. The molecular weight excluding hydrogens is 300 g/mol. The van der Waals surface area contributed by atoms with Gasteiger partial charge < -0.3 is 15.0 Å². The van der Waals surface area contributed by atoms with Gasteiger partial charge in [0.2, 0.25) is 11.8 Å². The molecule has 2 fully saturated rings. The number of hydrogen-bond acceptors (Lipinski definition) is 3. The van der Waals surface area contributed by atoms with Gasteiger partial charge in [-0.3, -0.25) is 9.59 Å². The Kier molecular flexibility index (Phi) is 3.96. The molecule has 0 spiro atoms. The molecule has 2 amide bonds. The summed E-state index contributed by atoms with van der Waals surface area (Å²) in [5.41, 5.74) is 0. The molecule has 5 nitrogen and oxygen atoms in total. The van der Waals surface area contributed by atoms with E-state index >= 15 is 0 Å². The first-order valence-corrected chi connectivity index (χ1v) is 7.07. The zero-order valence-electron chi connectivity index (χ0n) is 10.7. The maximum absolute atomic E-state index is 12.3. The Bertz CT molecular complexity index is 350. The number of rotatable bonds is 3. The van der Waals surface area contributed by atoms with Crippen LogP contribution < -0.4 is 5.32 Å². The fourth-order valence-corrected chi connectivity index (χ4v) is 2.16. The average molecular weight is 319 g/mol. The highest BCUT2D eigenvalue weighted by atomic mass is 79.9. The zero-order valence-corrected chi connectivity index (χ0v) is 12.3. The summed E-state index contributed by atoms with van der Waals surface area (Å²) >= 11 is 3.36. The van der Waals surface area contributed by atoms with Crippen LogP contribution in [0.1, 0.15) is 26.7 Å². The van der Waals surface area contributed by atoms with Crippen LogP contribution >= 0.6 is 15.9 Å². The van der Waals surface area contributed by atoms with Crippen molar-refractivity contribution in [3.05, 3.63) is 0 Å². The lowest BCUT2D eigenvalue weighted by Gasteiger charge is -2.37. The highest BCUT2D eigenvalue weighted by molar-refractivity contribution is 9.10. The van der Waals surface area contributed by atoms with Gasteiger partial charge in [0.25, 0.3) is 0 Å². The number of nitrogens with one attached hydrogen (secondary N) is 1. The van der Waals surface area contributed by atoms with E-state index in [2.05, 4.69) is 21.2 Å². The van der Waals surface area contributed by atoms with E-state index in [1.165, 1.54) is 0 Å². The van der Waals surface area contributed by atoms with Crippen molar-refractivity contribution in [1.82, 2.24) is 10.2 Å². The molecule has 1 aliphatic heterocycles. The standard InChI is InChI=1S/C12H19BrN2O3/c1-12(2,13)11(17)15-5-6-18-7-9(15)10(16)14-8-3-4-8/h8-9H,3-7H2,1-2H3,(H,14,16). The topological polar surface area (TPSA) is 58.6 Å². The summed E-state index contributed by atoms with van der Waals surface area (Å²) in [7, 11) is 0. The minimum atomic E-state index is -0.650. The van der Waals surface area contributed by atoms with Gasteiger partial charge in [-0.15, -0.1) is 0 Å². The van der Waals surface area contributed by atoms with Crippen molar-refractivity contribution in [3.63, 3.8) is 0 Å². The van der Waals surface area contributed by atoms with Gasteiger partial charge in [0.05, 0.1) is 17.5 Å². The summed E-state index contributed by atoms with van der Waals surface area (Å²) in [4.78, 5) is 26.0. The van der Waals surface area contributed by atoms with E-state index in [1.807, 2.05) is 0 Å². The van der Waals surface area contributed by atoms with E-state index in [4.69, 9.17) is 4.74 Å². The number of carbonyl (C=O) groups excluding carboxylic acids is 2. The molecule has 6 heteroatoms. The van der Waals surface area contributed by atoms with Gasteiger partial charge in [0.15, 0.2) is 0 Å². The number of nitrogens with zero attached hydrogens (tertiary/aromatic N) is 1. The molecule has 1 N–H and O–H groups in total. The molecule has 2 rings (SSSR count). The fraction of sp³-hybridized carbons (Fsp3) is 0.833. The van der Waals surface area contributed by atoms with Gasteiger partial charge in [-0.25, -0.2) is 0 Å². The van der Waals surface area contributed by atoms with Crippen molar-refractivity contribution in [3.8, 4) is 0 Å². The van der Waals surface area contributed by atoms with E-state index in [0.717, 1.165) is 12.8 Å². The number of halogens is 1. The maximum Gasteiger partial charge on any atom is 0.245 e. The first-order valence-electron chi connectivity index (χ1n) is 6.27. The van der Waals surface area contributed by atoms with E-state index in [9.17, 15) is 9.59 Å². The number of ether oxygens (including phenoxy) is 1. The lowest BCUT2D eigenvalue weighted by Crippen LogP contribution is -2.59. The van der Waals surface area contributed by atoms with Gasteiger partial charge in [-0.1, -0.05) is 15.9 Å². The molecule has 1 aliphatic carbocycles. The lowest BCUT2D eigenvalue weighted by molar-refractivity contribution is -0.149. The van der Waals surface area contributed by atoms with Crippen molar-refractivity contribution in [2.24, 2.45) is 0 Å². The van der Waals surface area contributed by atoms with E-state index in [0.29, 0.717) is 19.2 Å². The van der Waals surface area contributed by atoms with Crippen LogP contribution in [-0.2, 0) is 14.3 Å². The number of alkyl halides is 1. The van der Waals surface area contributed by atoms with E-state index < -0.39 is 10.4 Å². The molecule has 0 radical (unpaired) electrons. The Morgan fingerprint density at radius 2 is 2.06 bits per heavy atom. The smallest absolute Gasteiger partial charge is 0.245 e. The molecular formula is C12H19BrN2O3. The first-order chi connectivity index (χ1) is 8.39. The summed E-state index contributed by atoms with van der Waals surface area (Å²) in [6.45, 7) is 4.83. The summed E-state index contributed by atoms with van der Waals surface area (Å²) in [5.74, 6) is -0.163. The SMILES string of the molecule is CC(C)(Br)C(=O)N1CCOCC1C(=O)NC1CC1. The lowest BCUT2D eigenvalue weighted by atomic mass is 10.1. The Hall–Kier alpha value is -0.620. The molecule has 1 unspecified atom stereocenters. The second-order valence-corrected chi connectivity index (χ2v) is 7.33. The van der Waals surface area contributed by atoms with Gasteiger partial charge >= 0.3 is 0 Å². The number of hydrogen-bond donors (Lipinski definition) is 1. The van der Waals surface area contributed by atoms with Gasteiger partial charge in [-0.05, 0) is 26.7 Å². The molecule has 0 aromatic rings. The third-order valence-electron chi connectivity index (χ3n) is 3.12. The summed E-state index contributed by atoms with van der Waals surface area (Å²) in [6, 6.07) is -0.197. The van der Waals surface area contributed by atoms with Crippen molar-refractivity contribution in [1.29, 1.82) is 0 Å². The summed E-state index contributed by atoms with van der Waals surface area (Å²) < 4.78 is 4.68. The fourth-order valence-electron chi connectivity index (χ4n) is 1.93. The van der Waals surface area contributed by atoms with Crippen molar-refractivity contribution in [2.45, 2.75) is 43.1 Å². The highest BCUT2D eigenvalue weighted by Gasteiger charge is 2.39. The van der Waals surface area contributed by atoms with Crippen LogP contribution in [0.4, 0.5) is 0 Å². The highest BCUT2D eigenvalue weighted by Crippen LogP contribution is 2.23. The van der Waals surface area contributed by atoms with E-state index in [-0.39, 0.29) is 18.4 Å². The van der Waals surface area contributed by atoms with Crippen molar-refractivity contribution in [2.75, 3.05) is 19.8 Å². The van der Waals surface area contributed by atoms with Crippen LogP contribution in [0.25, 0.3) is 0 Å². The van der Waals surface area contributed by atoms with Crippen LogP contribution in [0.3, 0.4) is 0 Å². The molecule has 2 aliphatic rings. The molecule has 18 heavy (non-hydrogen) atoms. The monoisotopic (exact) mass is 318 g/mol. The molecule has 0 bridgehead atoms. The number of morpholine rings is 1. The average Bonchev–Trinajstić information content (AvgIpc) is 3.10. The first kappa shape index (κ1) is 13.8. The Labute approximate surface area is 115 Å². The second kappa shape index (κ2) is 5.17. The second-order valence-electron chi connectivity index (χ2n) is 5.34. The Balaban J connectivity index is 2.04. The van der Waals surface area contributed by atoms with Crippen molar-refractivity contribution >= 4 is 27.7 Å². The van der Waals surface area contributed by atoms with E-state index in [1.54, 1.807) is 18.7 Å². The third kappa shape index (κ3) is 3.23. The van der Waals surface area contributed by atoms with Gasteiger partial charge in [0.1, 0.15) is 6.04 Å². The van der Waals surface area contributed by atoms with Crippen LogP contribution in [0.5, 0.6) is 0 Å². The van der Waals surface area contributed by atoms with Crippen LogP contribution in [0.2, 0.25) is 0 Å². The quantitative estimate of drug-likeness (QED) is 0.778. The van der Waals surface area contributed by atoms with Gasteiger partial charge in [0, 0.05) is 12.6 Å². The predicted octanol–water partition coefficient (Wildman–Crippen LogP) is 0.666. The van der Waals surface area contributed by atoms with Crippen molar-refractivity contribution < 1.29 is 14.3 Å². The Morgan fingerprint density at radius 1 is 1.39 bits per heavy atom. The predicted molar refractivity (Wildman–Crippen MR) is 70.5 cm³/mol. The zero-order chi connectivity index (χ0) is 13.3. The normalized spacial score (nSPS) is 24.8. The van der Waals surface area contributed by atoms with Gasteiger partial charge in [-0.2, -0.15) is 0 Å². The molecule has 0 aromatic carbocycles. The number of carbonyl (C=O) groups is 2. The molecule has 0 aromatic heterocycles. The van der Waals surface area contributed by atoms with Crippen LogP contribution in [0, 0.1) is 0 Å². The Morgan fingerprint density at radius 3 is 2.61 bits per heavy atom. The molecule has 1 saturated heterocycles. The minimum absolute atomic E-state index is 0.0678. The molecule has 1 atom stereocenters. The summed E-state index contributed by atoms with van der Waals surface area (Å²) in [5, 5.41) is 2.93. The molecule has 102 valence electrons. The summed E-state index contributed by atoms with van der Waals surface area (Å²) in [6.07, 6.45) is 2.08.